The van der Waals surface area contributed by atoms with Gasteiger partial charge in [-0.15, -0.1) is 0 Å². The zero-order valence-electron chi connectivity index (χ0n) is 5.31. The highest BCUT2D eigenvalue weighted by molar-refractivity contribution is 14.1. The number of halogens is 1. The van der Waals surface area contributed by atoms with Crippen molar-refractivity contribution in [2.24, 2.45) is 0 Å². The number of hydrogen-bond acceptors (Lipinski definition) is 2. The Morgan fingerprint density at radius 3 is 2.89 bits per heavy atom. The predicted octanol–water partition coefficient (Wildman–Crippen LogP) is 0.425. The van der Waals surface area contributed by atoms with Crippen LogP contribution in [0.5, 0.6) is 0 Å². The van der Waals surface area contributed by atoms with Crippen LogP contribution in [0.2, 0.25) is 0 Å². The van der Waals surface area contributed by atoms with Crippen LogP contribution in [0, 0.1) is 0 Å². The van der Waals surface area contributed by atoms with E-state index >= 15 is 0 Å². The molecule has 3 heteroatoms. The summed E-state index contributed by atoms with van der Waals surface area (Å²) >= 11 is 2.45. The normalized spacial score (nSPS) is 42.3. The number of nitrogens with zero attached hydrogens (tertiary/aromatic N) is 1. The molecule has 2 heterocycles. The highest BCUT2D eigenvalue weighted by Crippen LogP contribution is 2.23. The number of alkyl halides is 1. The first-order valence-corrected chi connectivity index (χ1v) is 4.96. The van der Waals surface area contributed by atoms with Gasteiger partial charge in [-0.2, -0.15) is 0 Å². The van der Waals surface area contributed by atoms with Crippen molar-refractivity contribution in [1.29, 1.82) is 0 Å². The van der Waals surface area contributed by atoms with Gasteiger partial charge in [0.2, 0.25) is 0 Å². The van der Waals surface area contributed by atoms with Gasteiger partial charge in [0.1, 0.15) is 0 Å². The number of nitrogens with one attached hydrogen (secondary N) is 1. The summed E-state index contributed by atoms with van der Waals surface area (Å²) in [5.41, 5.74) is 0. The van der Waals surface area contributed by atoms with Crippen molar-refractivity contribution in [3.63, 3.8) is 0 Å². The molecule has 2 atom stereocenters. The molecule has 0 unspecified atom stereocenters. The van der Waals surface area contributed by atoms with Gasteiger partial charge in [0.25, 0.3) is 0 Å². The summed E-state index contributed by atoms with van der Waals surface area (Å²) in [5, 5.41) is 3.48. The quantitative estimate of drug-likeness (QED) is 0.404. The Kier molecular flexibility index (Phi) is 1.67. The highest BCUT2D eigenvalue weighted by atomic mass is 127. The Morgan fingerprint density at radius 2 is 2.56 bits per heavy atom. The van der Waals surface area contributed by atoms with Gasteiger partial charge in [-0.25, -0.2) is 0 Å². The average Bonchev–Trinajstić information content (AvgIpc) is 2.45. The summed E-state index contributed by atoms with van der Waals surface area (Å²) in [7, 11) is 0. The minimum absolute atomic E-state index is 0.824. The van der Waals surface area contributed by atoms with Gasteiger partial charge < -0.3 is 5.32 Å². The Hall–Kier alpha value is 0.650. The molecule has 52 valence electrons. The van der Waals surface area contributed by atoms with Crippen molar-refractivity contribution in [1.82, 2.24) is 10.2 Å². The molecule has 2 aliphatic heterocycles. The summed E-state index contributed by atoms with van der Waals surface area (Å²) in [5.74, 6) is 0. The van der Waals surface area contributed by atoms with E-state index in [0.717, 1.165) is 12.1 Å². The molecule has 2 fully saturated rings. The standard InChI is InChI=1S/C6H11IN2/c7-4-9-3-5-1-6(9)2-8-5/h5-6,8H,1-4H2/t5-,6-/m1/s1. The van der Waals surface area contributed by atoms with Gasteiger partial charge in [-0.3, -0.25) is 4.90 Å². The predicted molar refractivity (Wildman–Crippen MR) is 45.8 cm³/mol. The van der Waals surface area contributed by atoms with Gasteiger partial charge in [-0.05, 0) is 6.42 Å². The molecular formula is C6H11IN2. The lowest BCUT2D eigenvalue weighted by molar-refractivity contribution is 0.270. The lowest BCUT2D eigenvalue weighted by Crippen LogP contribution is -2.42. The first-order valence-electron chi connectivity index (χ1n) is 3.43. The van der Waals surface area contributed by atoms with Gasteiger partial charge in [0.15, 0.2) is 0 Å². The Labute approximate surface area is 69.1 Å². The third kappa shape index (κ3) is 0.991. The molecule has 0 saturated carbocycles. The number of piperazine rings is 1. The van der Waals surface area contributed by atoms with Crippen molar-refractivity contribution >= 4 is 22.6 Å². The molecule has 0 amide bonds. The first-order chi connectivity index (χ1) is 4.40. The summed E-state index contributed by atoms with van der Waals surface area (Å²) in [6.45, 7) is 2.52. The van der Waals surface area contributed by atoms with Gasteiger partial charge in [0, 0.05) is 25.2 Å². The summed E-state index contributed by atoms with van der Waals surface area (Å²) in [6, 6.07) is 1.69. The molecule has 2 rings (SSSR count). The SMILES string of the molecule is ICN1C[C@H]2C[C@@H]1CN2. The molecule has 0 aliphatic carbocycles. The molecule has 0 aromatic carbocycles. The van der Waals surface area contributed by atoms with Crippen LogP contribution in [-0.4, -0.2) is 34.6 Å². The molecular weight excluding hydrogens is 227 g/mol. The Bertz CT molecular complexity index is 118. The Balaban J connectivity index is 2.01. The van der Waals surface area contributed by atoms with Gasteiger partial charge in [-0.1, -0.05) is 22.6 Å². The molecule has 0 aromatic heterocycles. The number of fused-ring (bicyclic) bond motifs is 2. The highest BCUT2D eigenvalue weighted by Gasteiger charge is 2.36. The largest absolute Gasteiger partial charge is 0.311 e. The minimum atomic E-state index is 0.824. The van der Waals surface area contributed by atoms with Crippen molar-refractivity contribution < 1.29 is 0 Å². The maximum absolute atomic E-state index is 3.48. The van der Waals surface area contributed by atoms with E-state index in [0.29, 0.717) is 0 Å². The van der Waals surface area contributed by atoms with E-state index in [-0.39, 0.29) is 0 Å². The average molecular weight is 238 g/mol. The topological polar surface area (TPSA) is 15.3 Å². The van der Waals surface area contributed by atoms with Crippen LogP contribution in [0.25, 0.3) is 0 Å². The second-order valence-corrected chi connectivity index (χ2v) is 3.57. The van der Waals surface area contributed by atoms with E-state index in [4.69, 9.17) is 0 Å². The molecule has 2 bridgehead atoms. The second-order valence-electron chi connectivity index (χ2n) is 2.89. The maximum atomic E-state index is 3.48. The smallest absolute Gasteiger partial charge is 0.0509 e. The van der Waals surface area contributed by atoms with Gasteiger partial charge in [0.05, 0.1) is 4.55 Å². The van der Waals surface area contributed by atoms with Crippen molar-refractivity contribution in [3.05, 3.63) is 0 Å². The summed E-state index contributed by atoms with van der Waals surface area (Å²) in [4.78, 5) is 2.56. The zero-order chi connectivity index (χ0) is 6.27. The van der Waals surface area contributed by atoms with Crippen molar-refractivity contribution in [2.45, 2.75) is 18.5 Å². The number of likely N-dealkylation sites (tertiary alicyclic amines) is 1. The van der Waals surface area contributed by atoms with Crippen LogP contribution in [0.4, 0.5) is 0 Å². The molecule has 2 aliphatic rings. The first kappa shape index (κ1) is 6.37. The van der Waals surface area contributed by atoms with Crippen LogP contribution >= 0.6 is 22.6 Å². The van der Waals surface area contributed by atoms with E-state index in [1.807, 2.05) is 0 Å². The van der Waals surface area contributed by atoms with Crippen LogP contribution in [0.15, 0.2) is 0 Å². The molecule has 1 N–H and O–H groups in total. The third-order valence-electron chi connectivity index (χ3n) is 2.32. The summed E-state index contributed by atoms with van der Waals surface area (Å²) in [6.07, 6.45) is 1.39. The van der Waals surface area contributed by atoms with E-state index in [1.54, 1.807) is 0 Å². The molecule has 2 saturated heterocycles. The molecule has 0 radical (unpaired) electrons. The van der Waals surface area contributed by atoms with Crippen molar-refractivity contribution in [2.75, 3.05) is 17.6 Å². The number of hydrogen-bond donors (Lipinski definition) is 1. The summed E-state index contributed by atoms with van der Waals surface area (Å²) < 4.78 is 1.21. The van der Waals surface area contributed by atoms with E-state index < -0.39 is 0 Å². The fourth-order valence-corrected chi connectivity index (χ4v) is 2.63. The minimum Gasteiger partial charge on any atom is -0.311 e. The van der Waals surface area contributed by atoms with Crippen molar-refractivity contribution in [3.8, 4) is 0 Å². The Morgan fingerprint density at radius 1 is 1.67 bits per heavy atom. The molecule has 0 spiro atoms. The van der Waals surface area contributed by atoms with E-state index in [2.05, 4.69) is 32.8 Å². The van der Waals surface area contributed by atoms with E-state index in [9.17, 15) is 0 Å². The van der Waals surface area contributed by atoms with Crippen LogP contribution in [-0.2, 0) is 0 Å². The van der Waals surface area contributed by atoms with Crippen LogP contribution in [0.3, 0.4) is 0 Å². The fourth-order valence-electron chi connectivity index (χ4n) is 1.79. The van der Waals surface area contributed by atoms with Crippen LogP contribution < -0.4 is 5.32 Å². The maximum Gasteiger partial charge on any atom is 0.0509 e. The molecule has 0 aromatic rings. The lowest BCUT2D eigenvalue weighted by atomic mass is 10.2. The fraction of sp³-hybridized carbons (Fsp3) is 1.00. The molecule has 2 nitrogen and oxygen atoms in total. The van der Waals surface area contributed by atoms with Crippen LogP contribution in [0.1, 0.15) is 6.42 Å². The monoisotopic (exact) mass is 238 g/mol. The molecule has 9 heavy (non-hydrogen) atoms. The third-order valence-corrected chi connectivity index (χ3v) is 3.20. The second kappa shape index (κ2) is 2.36. The number of rotatable bonds is 1. The zero-order valence-corrected chi connectivity index (χ0v) is 7.47. The van der Waals surface area contributed by atoms with Gasteiger partial charge >= 0.3 is 0 Å². The lowest BCUT2D eigenvalue weighted by Gasteiger charge is -2.24. The van der Waals surface area contributed by atoms with E-state index in [1.165, 1.54) is 24.1 Å².